The molecule has 0 aromatic carbocycles. The van der Waals surface area contributed by atoms with Crippen molar-refractivity contribution in [1.29, 1.82) is 0 Å². The van der Waals surface area contributed by atoms with Gasteiger partial charge in [0.2, 0.25) is 5.95 Å². The van der Waals surface area contributed by atoms with Gasteiger partial charge in [0.15, 0.2) is 0 Å². The first-order valence-electron chi connectivity index (χ1n) is 6.95. The summed E-state index contributed by atoms with van der Waals surface area (Å²) in [6.07, 6.45) is 3.78. The summed E-state index contributed by atoms with van der Waals surface area (Å²) in [5.41, 5.74) is 6.07. The molecule has 2 aromatic rings. The van der Waals surface area contributed by atoms with Gasteiger partial charge in [0.25, 0.3) is 0 Å². The van der Waals surface area contributed by atoms with Crippen LogP contribution in [0.25, 0.3) is 10.2 Å². The van der Waals surface area contributed by atoms with Gasteiger partial charge in [-0.15, -0.1) is 11.3 Å². The smallest absolute Gasteiger partial charge is 0.223 e. The van der Waals surface area contributed by atoms with Crippen molar-refractivity contribution in [2.45, 2.75) is 31.7 Å². The number of hydrogen-bond acceptors (Lipinski definition) is 6. The molecule has 0 aliphatic heterocycles. The van der Waals surface area contributed by atoms with E-state index in [4.69, 9.17) is 5.73 Å². The van der Waals surface area contributed by atoms with Crippen LogP contribution in [0.1, 0.15) is 24.1 Å². The number of aryl methyl sites for hydroxylation is 1. The molecule has 3 N–H and O–H groups in total. The molecule has 20 heavy (non-hydrogen) atoms. The Morgan fingerprint density at radius 1 is 1.40 bits per heavy atom. The number of rotatable bonds is 4. The van der Waals surface area contributed by atoms with Crippen molar-refractivity contribution in [3.8, 4) is 0 Å². The van der Waals surface area contributed by atoms with Crippen LogP contribution in [0.2, 0.25) is 0 Å². The molecule has 1 fully saturated rings. The molecule has 1 saturated carbocycles. The second kappa shape index (κ2) is 4.86. The van der Waals surface area contributed by atoms with Gasteiger partial charge in [-0.05, 0) is 46.3 Å². The van der Waals surface area contributed by atoms with Gasteiger partial charge in [-0.25, -0.2) is 4.98 Å². The number of nitrogens with one attached hydrogen (secondary N) is 1. The molecule has 2 heterocycles. The monoisotopic (exact) mass is 291 g/mol. The van der Waals surface area contributed by atoms with Gasteiger partial charge in [-0.3, -0.25) is 0 Å². The minimum Gasteiger partial charge on any atom is -0.368 e. The SMILES string of the molecule is Cc1cc2c(NCC3(N(C)C)CCC3)nc(N)nc2s1. The van der Waals surface area contributed by atoms with Crippen molar-refractivity contribution in [3.63, 3.8) is 0 Å². The van der Waals surface area contributed by atoms with Crippen molar-refractivity contribution in [2.24, 2.45) is 0 Å². The third kappa shape index (κ3) is 2.23. The van der Waals surface area contributed by atoms with E-state index in [1.54, 1.807) is 11.3 Å². The fraction of sp³-hybridized carbons (Fsp3) is 0.571. The Kier molecular flexibility index (Phi) is 3.30. The molecule has 5 nitrogen and oxygen atoms in total. The Morgan fingerprint density at radius 2 is 2.15 bits per heavy atom. The Hall–Kier alpha value is -1.40. The summed E-state index contributed by atoms with van der Waals surface area (Å²) in [6, 6.07) is 2.13. The van der Waals surface area contributed by atoms with Gasteiger partial charge in [-0.2, -0.15) is 4.98 Å². The molecule has 0 unspecified atom stereocenters. The summed E-state index contributed by atoms with van der Waals surface area (Å²) in [4.78, 5) is 13.2. The molecule has 1 aliphatic carbocycles. The second-order valence-electron chi connectivity index (χ2n) is 5.83. The highest BCUT2D eigenvalue weighted by Crippen LogP contribution is 2.37. The van der Waals surface area contributed by atoms with E-state index in [2.05, 4.69) is 47.3 Å². The van der Waals surface area contributed by atoms with Gasteiger partial charge < -0.3 is 16.0 Å². The van der Waals surface area contributed by atoms with Crippen LogP contribution in [0.3, 0.4) is 0 Å². The fourth-order valence-corrected chi connectivity index (χ4v) is 3.69. The maximum absolute atomic E-state index is 5.81. The van der Waals surface area contributed by atoms with Crippen molar-refractivity contribution in [2.75, 3.05) is 31.7 Å². The van der Waals surface area contributed by atoms with Crippen LogP contribution in [0.15, 0.2) is 6.07 Å². The highest BCUT2D eigenvalue weighted by Gasteiger charge is 2.38. The Labute approximate surface area is 123 Å². The largest absolute Gasteiger partial charge is 0.368 e. The first kappa shape index (κ1) is 13.6. The summed E-state index contributed by atoms with van der Waals surface area (Å²) in [5, 5.41) is 4.58. The number of likely N-dealkylation sites (N-methyl/N-ethyl adjacent to an activating group) is 1. The second-order valence-corrected chi connectivity index (χ2v) is 7.07. The van der Waals surface area contributed by atoms with E-state index in [-0.39, 0.29) is 5.54 Å². The van der Waals surface area contributed by atoms with Gasteiger partial charge in [0.05, 0.1) is 5.39 Å². The number of nitrogens with two attached hydrogens (primary N) is 1. The van der Waals surface area contributed by atoms with Gasteiger partial charge in [0.1, 0.15) is 10.6 Å². The van der Waals surface area contributed by atoms with Crippen LogP contribution in [0.4, 0.5) is 11.8 Å². The molecule has 0 spiro atoms. The van der Waals surface area contributed by atoms with E-state index in [0.29, 0.717) is 5.95 Å². The highest BCUT2D eigenvalue weighted by molar-refractivity contribution is 7.18. The van der Waals surface area contributed by atoms with E-state index < -0.39 is 0 Å². The van der Waals surface area contributed by atoms with E-state index in [1.807, 2.05) is 0 Å². The van der Waals surface area contributed by atoms with Crippen LogP contribution in [0, 0.1) is 6.92 Å². The first-order chi connectivity index (χ1) is 9.50. The van der Waals surface area contributed by atoms with Crippen LogP contribution >= 0.6 is 11.3 Å². The van der Waals surface area contributed by atoms with Crippen LogP contribution in [-0.4, -0.2) is 41.0 Å². The van der Waals surface area contributed by atoms with E-state index >= 15 is 0 Å². The number of thiophene rings is 1. The maximum atomic E-state index is 5.81. The molecule has 6 heteroatoms. The standard InChI is InChI=1S/C14H21N5S/c1-9-7-10-11(17-13(15)18-12(10)20-9)16-8-14(19(2)3)5-4-6-14/h7H,4-6,8H2,1-3H3,(H3,15,16,17,18). The zero-order chi connectivity index (χ0) is 14.3. The molecule has 0 atom stereocenters. The van der Waals surface area contributed by atoms with E-state index in [9.17, 15) is 0 Å². The summed E-state index contributed by atoms with van der Waals surface area (Å²) in [5.74, 6) is 1.21. The summed E-state index contributed by atoms with van der Waals surface area (Å²) in [6.45, 7) is 2.99. The molecule has 2 aromatic heterocycles. The van der Waals surface area contributed by atoms with Crippen LogP contribution in [0.5, 0.6) is 0 Å². The normalized spacial score (nSPS) is 17.4. The molecular weight excluding hydrogens is 270 g/mol. The fourth-order valence-electron chi connectivity index (χ4n) is 2.81. The third-order valence-corrected chi connectivity index (χ3v) is 5.30. The van der Waals surface area contributed by atoms with Crippen LogP contribution in [-0.2, 0) is 0 Å². The lowest BCUT2D eigenvalue weighted by molar-refractivity contribution is 0.0738. The molecule has 0 amide bonds. The molecule has 3 rings (SSSR count). The Morgan fingerprint density at radius 3 is 2.75 bits per heavy atom. The minimum absolute atomic E-state index is 0.261. The zero-order valence-corrected chi connectivity index (χ0v) is 13.0. The number of hydrogen-bond donors (Lipinski definition) is 2. The lowest BCUT2D eigenvalue weighted by atomic mass is 9.75. The van der Waals surface area contributed by atoms with Crippen molar-refractivity contribution in [3.05, 3.63) is 10.9 Å². The number of anilines is 2. The van der Waals surface area contributed by atoms with Crippen molar-refractivity contribution >= 4 is 33.3 Å². The maximum Gasteiger partial charge on any atom is 0.223 e. The molecule has 108 valence electrons. The predicted octanol–water partition coefficient (Wildman–Crippen LogP) is 2.48. The van der Waals surface area contributed by atoms with Crippen molar-refractivity contribution in [1.82, 2.24) is 14.9 Å². The number of nitrogens with zero attached hydrogens (tertiary/aromatic N) is 3. The van der Waals surface area contributed by atoms with Crippen molar-refractivity contribution < 1.29 is 0 Å². The van der Waals surface area contributed by atoms with Gasteiger partial charge in [-0.1, -0.05) is 0 Å². The molecule has 0 saturated heterocycles. The first-order valence-corrected chi connectivity index (χ1v) is 7.77. The minimum atomic E-state index is 0.261. The predicted molar refractivity (Wildman–Crippen MR) is 85.3 cm³/mol. The number of fused-ring (bicyclic) bond motifs is 1. The highest BCUT2D eigenvalue weighted by atomic mass is 32.1. The summed E-state index contributed by atoms with van der Waals surface area (Å²) < 4.78 is 0. The number of nitrogen functional groups attached to an aromatic ring is 1. The average molecular weight is 291 g/mol. The quantitative estimate of drug-likeness (QED) is 0.906. The lowest BCUT2D eigenvalue weighted by Crippen LogP contribution is -2.54. The molecule has 1 aliphatic rings. The molecule has 0 bridgehead atoms. The molecular formula is C14H21N5S. The van der Waals surface area contributed by atoms with Crippen LogP contribution < -0.4 is 11.1 Å². The Bertz CT molecular complexity index is 630. The lowest BCUT2D eigenvalue weighted by Gasteiger charge is -2.47. The average Bonchev–Trinajstić information content (AvgIpc) is 2.67. The zero-order valence-electron chi connectivity index (χ0n) is 12.2. The summed E-state index contributed by atoms with van der Waals surface area (Å²) in [7, 11) is 4.30. The van der Waals surface area contributed by atoms with Gasteiger partial charge in [0, 0.05) is 17.0 Å². The number of aromatic nitrogens is 2. The Balaban J connectivity index is 1.87. The van der Waals surface area contributed by atoms with E-state index in [1.165, 1.54) is 24.1 Å². The third-order valence-electron chi connectivity index (χ3n) is 4.35. The molecule has 0 radical (unpaired) electrons. The van der Waals surface area contributed by atoms with E-state index in [0.717, 1.165) is 22.6 Å². The van der Waals surface area contributed by atoms with Gasteiger partial charge >= 0.3 is 0 Å². The topological polar surface area (TPSA) is 67.1 Å². The summed E-state index contributed by atoms with van der Waals surface area (Å²) >= 11 is 1.66.